The number of aryl methyl sites for hydroxylation is 2. The van der Waals surface area contributed by atoms with Gasteiger partial charge in [-0.2, -0.15) is 0 Å². The third-order valence-corrected chi connectivity index (χ3v) is 7.15. The van der Waals surface area contributed by atoms with Gasteiger partial charge in [-0.1, -0.05) is 49.4 Å². The molecule has 3 aromatic rings. The van der Waals surface area contributed by atoms with Gasteiger partial charge in [0.15, 0.2) is 11.6 Å². The second-order valence-corrected chi connectivity index (χ2v) is 9.09. The lowest BCUT2D eigenvalue weighted by Gasteiger charge is -2.29. The van der Waals surface area contributed by atoms with Gasteiger partial charge in [0.2, 0.25) is 0 Å². The summed E-state index contributed by atoms with van der Waals surface area (Å²) in [7, 11) is 1.53. The predicted octanol–water partition coefficient (Wildman–Crippen LogP) is 8.25. The van der Waals surface area contributed by atoms with Crippen LogP contribution in [0.15, 0.2) is 54.6 Å². The average molecular weight is 453 g/mol. The van der Waals surface area contributed by atoms with E-state index in [1.807, 2.05) is 36.4 Å². The third kappa shape index (κ3) is 5.26. The Balaban J connectivity index is 1.35. The van der Waals surface area contributed by atoms with Crippen LogP contribution in [0, 0.1) is 23.4 Å². The summed E-state index contributed by atoms with van der Waals surface area (Å²) >= 11 is 0. The fraction of sp³-hybridized carbons (Fsp3) is 0.379. The number of halogens is 3. The van der Waals surface area contributed by atoms with E-state index in [-0.39, 0.29) is 11.7 Å². The molecule has 0 amide bonds. The summed E-state index contributed by atoms with van der Waals surface area (Å²) in [5.41, 5.74) is 3.36. The standard InChI is InChI=1S/C29H31F3O/c1-3-19-4-9-22(10-5-19)26-16-14-23(28(31)29(26)32)13-8-20-6-11-21(12-7-20)25-17-15-24(33-2)18-27(25)30/h4-5,9-10,14-18,20-21H,3,6-8,11-13H2,1-2H3. The largest absolute Gasteiger partial charge is 0.497 e. The molecule has 0 radical (unpaired) electrons. The van der Waals surface area contributed by atoms with Gasteiger partial charge in [0.05, 0.1) is 7.11 Å². The number of benzene rings is 3. The van der Waals surface area contributed by atoms with E-state index in [0.717, 1.165) is 44.1 Å². The molecule has 0 heterocycles. The van der Waals surface area contributed by atoms with Crippen molar-refractivity contribution in [3.63, 3.8) is 0 Å². The van der Waals surface area contributed by atoms with Crippen molar-refractivity contribution < 1.29 is 17.9 Å². The van der Waals surface area contributed by atoms with E-state index >= 15 is 0 Å². The number of ether oxygens (including phenoxy) is 1. The van der Waals surface area contributed by atoms with Crippen molar-refractivity contribution in [3.8, 4) is 16.9 Å². The van der Waals surface area contributed by atoms with Crippen LogP contribution < -0.4 is 4.74 Å². The van der Waals surface area contributed by atoms with Crippen LogP contribution in [-0.2, 0) is 12.8 Å². The van der Waals surface area contributed by atoms with E-state index < -0.39 is 11.6 Å². The fourth-order valence-corrected chi connectivity index (χ4v) is 5.01. The van der Waals surface area contributed by atoms with Gasteiger partial charge in [0.1, 0.15) is 11.6 Å². The smallest absolute Gasteiger partial charge is 0.166 e. The molecule has 0 saturated heterocycles. The Kier molecular flexibility index (Phi) is 7.42. The van der Waals surface area contributed by atoms with Crippen LogP contribution in [0.2, 0.25) is 0 Å². The van der Waals surface area contributed by atoms with Crippen molar-refractivity contribution in [2.24, 2.45) is 5.92 Å². The quantitative estimate of drug-likeness (QED) is 0.351. The molecule has 0 unspecified atom stereocenters. The maximum Gasteiger partial charge on any atom is 0.166 e. The van der Waals surface area contributed by atoms with Crippen molar-refractivity contribution in [3.05, 3.63) is 88.7 Å². The van der Waals surface area contributed by atoms with Gasteiger partial charge in [-0.25, -0.2) is 13.2 Å². The molecule has 1 aliphatic carbocycles. The molecular formula is C29H31F3O. The van der Waals surface area contributed by atoms with Crippen molar-refractivity contribution >= 4 is 0 Å². The van der Waals surface area contributed by atoms with Crippen molar-refractivity contribution in [1.82, 2.24) is 0 Å². The normalized spacial score (nSPS) is 18.3. The SMILES string of the molecule is CCc1ccc(-c2ccc(CCC3CCC(c4ccc(OC)cc4F)CC3)c(F)c2F)cc1. The molecule has 4 heteroatoms. The lowest BCUT2D eigenvalue weighted by atomic mass is 9.76. The molecule has 174 valence electrons. The van der Waals surface area contributed by atoms with Gasteiger partial charge >= 0.3 is 0 Å². The van der Waals surface area contributed by atoms with Crippen LogP contribution >= 0.6 is 0 Å². The summed E-state index contributed by atoms with van der Waals surface area (Å²) in [5, 5.41) is 0. The Hall–Kier alpha value is -2.75. The molecule has 3 aromatic carbocycles. The Bertz CT molecular complexity index is 1080. The van der Waals surface area contributed by atoms with Crippen molar-refractivity contribution in [2.75, 3.05) is 7.11 Å². The second-order valence-electron chi connectivity index (χ2n) is 9.09. The van der Waals surface area contributed by atoms with E-state index in [0.29, 0.717) is 34.8 Å². The molecule has 1 fully saturated rings. The summed E-state index contributed by atoms with van der Waals surface area (Å²) in [6.07, 6.45) is 6.02. The van der Waals surface area contributed by atoms with Gasteiger partial charge in [-0.05, 0) is 85.1 Å². The molecule has 0 bridgehead atoms. The lowest BCUT2D eigenvalue weighted by molar-refractivity contribution is 0.305. The second kappa shape index (κ2) is 10.5. The fourth-order valence-electron chi connectivity index (χ4n) is 5.01. The molecule has 33 heavy (non-hydrogen) atoms. The molecular weight excluding hydrogens is 421 g/mol. The Morgan fingerprint density at radius 3 is 2.21 bits per heavy atom. The number of methoxy groups -OCH3 is 1. The van der Waals surface area contributed by atoms with Gasteiger partial charge in [-0.3, -0.25) is 0 Å². The first-order chi connectivity index (χ1) is 16.0. The lowest BCUT2D eigenvalue weighted by Crippen LogP contribution is -2.15. The van der Waals surface area contributed by atoms with E-state index in [2.05, 4.69) is 6.92 Å². The van der Waals surface area contributed by atoms with Crippen LogP contribution in [0.5, 0.6) is 5.75 Å². The highest BCUT2D eigenvalue weighted by molar-refractivity contribution is 5.65. The summed E-state index contributed by atoms with van der Waals surface area (Å²) in [6, 6.07) is 16.1. The van der Waals surface area contributed by atoms with Crippen LogP contribution in [0.25, 0.3) is 11.1 Å². The third-order valence-electron chi connectivity index (χ3n) is 7.15. The maximum atomic E-state index is 14.8. The Morgan fingerprint density at radius 2 is 1.58 bits per heavy atom. The molecule has 1 aliphatic rings. The molecule has 0 N–H and O–H groups in total. The summed E-state index contributed by atoms with van der Waals surface area (Å²) < 4.78 is 49.1. The molecule has 0 aliphatic heterocycles. The topological polar surface area (TPSA) is 9.23 Å². The highest BCUT2D eigenvalue weighted by atomic mass is 19.2. The Morgan fingerprint density at radius 1 is 0.848 bits per heavy atom. The van der Waals surface area contributed by atoms with Crippen molar-refractivity contribution in [1.29, 1.82) is 0 Å². The minimum atomic E-state index is -0.768. The maximum absolute atomic E-state index is 14.8. The van der Waals surface area contributed by atoms with Crippen molar-refractivity contribution in [2.45, 2.75) is 57.8 Å². The number of hydrogen-bond donors (Lipinski definition) is 0. The first kappa shape index (κ1) is 23.4. The first-order valence-corrected chi connectivity index (χ1v) is 11.9. The monoisotopic (exact) mass is 452 g/mol. The summed E-state index contributed by atoms with van der Waals surface area (Å²) in [5.74, 6) is -0.523. The molecule has 0 atom stereocenters. The minimum Gasteiger partial charge on any atom is -0.497 e. The first-order valence-electron chi connectivity index (χ1n) is 11.9. The van der Waals surface area contributed by atoms with Crippen LogP contribution in [0.3, 0.4) is 0 Å². The highest BCUT2D eigenvalue weighted by Crippen LogP contribution is 2.39. The van der Waals surface area contributed by atoms with E-state index in [1.165, 1.54) is 18.7 Å². The number of rotatable bonds is 7. The zero-order valence-electron chi connectivity index (χ0n) is 19.3. The van der Waals surface area contributed by atoms with Crippen LogP contribution in [-0.4, -0.2) is 7.11 Å². The predicted molar refractivity (Wildman–Crippen MR) is 127 cm³/mol. The molecule has 0 aromatic heterocycles. The van der Waals surface area contributed by atoms with Gasteiger partial charge in [0.25, 0.3) is 0 Å². The zero-order valence-corrected chi connectivity index (χ0v) is 19.3. The van der Waals surface area contributed by atoms with Crippen LogP contribution in [0.4, 0.5) is 13.2 Å². The van der Waals surface area contributed by atoms with E-state index in [9.17, 15) is 13.2 Å². The number of hydrogen-bond acceptors (Lipinski definition) is 1. The van der Waals surface area contributed by atoms with Gasteiger partial charge < -0.3 is 4.74 Å². The molecule has 1 saturated carbocycles. The van der Waals surface area contributed by atoms with Gasteiger partial charge in [0, 0.05) is 11.6 Å². The molecule has 1 nitrogen and oxygen atoms in total. The van der Waals surface area contributed by atoms with Crippen LogP contribution in [0.1, 0.15) is 61.6 Å². The summed E-state index contributed by atoms with van der Waals surface area (Å²) in [4.78, 5) is 0. The summed E-state index contributed by atoms with van der Waals surface area (Å²) in [6.45, 7) is 2.06. The van der Waals surface area contributed by atoms with E-state index in [1.54, 1.807) is 12.1 Å². The molecule has 0 spiro atoms. The average Bonchev–Trinajstić information content (AvgIpc) is 2.85. The zero-order chi connectivity index (χ0) is 23.4. The molecule has 4 rings (SSSR count). The van der Waals surface area contributed by atoms with Gasteiger partial charge in [-0.15, -0.1) is 0 Å². The Labute approximate surface area is 194 Å². The highest BCUT2D eigenvalue weighted by Gasteiger charge is 2.25. The van der Waals surface area contributed by atoms with E-state index in [4.69, 9.17) is 4.74 Å². The minimum absolute atomic E-state index is 0.208.